The van der Waals surface area contributed by atoms with Crippen molar-refractivity contribution in [3.8, 4) is 5.75 Å². The normalized spacial score (nSPS) is 10.7. The van der Waals surface area contributed by atoms with Crippen LogP contribution in [0, 0.1) is 0 Å². The highest BCUT2D eigenvalue weighted by molar-refractivity contribution is 6.31. The molecule has 6 nitrogen and oxygen atoms in total. The van der Waals surface area contributed by atoms with Crippen LogP contribution in [0.5, 0.6) is 5.75 Å². The first-order valence-corrected chi connectivity index (χ1v) is 7.32. The van der Waals surface area contributed by atoms with Crippen LogP contribution in [-0.4, -0.2) is 29.2 Å². The van der Waals surface area contributed by atoms with Crippen LogP contribution in [0.15, 0.2) is 30.3 Å². The Hall–Kier alpha value is -2.60. The maximum Gasteiger partial charge on any atom is 0.344 e. The van der Waals surface area contributed by atoms with Crippen LogP contribution < -0.4 is 10.5 Å². The number of nitrogens with zero attached hydrogens (tertiary/aromatic N) is 2. The lowest BCUT2D eigenvalue weighted by atomic mass is 10.2. The molecule has 2 N–H and O–H groups in total. The molecule has 0 aliphatic carbocycles. The Balaban J connectivity index is 2.10. The molecule has 0 atom stereocenters. The van der Waals surface area contributed by atoms with Gasteiger partial charge < -0.3 is 15.2 Å². The molecule has 0 bridgehead atoms. The molecular formula is C16H16ClN3O3. The van der Waals surface area contributed by atoms with E-state index >= 15 is 0 Å². The lowest BCUT2D eigenvalue weighted by Crippen LogP contribution is -2.16. The number of carbonyl (C=O) groups is 1. The first-order chi connectivity index (χ1) is 11.1. The molecule has 0 aliphatic heterocycles. The van der Waals surface area contributed by atoms with Crippen molar-refractivity contribution >= 4 is 35.5 Å². The van der Waals surface area contributed by atoms with Crippen LogP contribution in [-0.2, 0) is 9.53 Å². The van der Waals surface area contributed by atoms with E-state index < -0.39 is 5.97 Å². The van der Waals surface area contributed by atoms with Crippen LogP contribution in [0.4, 0.5) is 5.82 Å². The second kappa shape index (κ2) is 8.14. The van der Waals surface area contributed by atoms with Crippen LogP contribution in [0.2, 0.25) is 5.15 Å². The van der Waals surface area contributed by atoms with Crippen molar-refractivity contribution in [2.45, 2.75) is 6.92 Å². The summed E-state index contributed by atoms with van der Waals surface area (Å²) in [6.07, 6.45) is 3.52. The third-order valence-electron chi connectivity index (χ3n) is 2.73. The topological polar surface area (TPSA) is 87.3 Å². The first kappa shape index (κ1) is 16.8. The molecule has 2 rings (SSSR count). The number of halogens is 1. The van der Waals surface area contributed by atoms with Gasteiger partial charge in [0.1, 0.15) is 0 Å². The van der Waals surface area contributed by atoms with Gasteiger partial charge in [-0.1, -0.05) is 48.0 Å². The number of benzene rings is 1. The smallest absolute Gasteiger partial charge is 0.344 e. The van der Waals surface area contributed by atoms with Crippen molar-refractivity contribution in [2.75, 3.05) is 18.9 Å². The van der Waals surface area contributed by atoms with Crippen molar-refractivity contribution in [3.05, 3.63) is 46.9 Å². The summed E-state index contributed by atoms with van der Waals surface area (Å²) >= 11 is 6.03. The number of anilines is 1. The highest BCUT2D eigenvalue weighted by atomic mass is 35.5. The van der Waals surface area contributed by atoms with E-state index in [0.29, 0.717) is 5.82 Å². The molecule has 2 aromatic rings. The van der Waals surface area contributed by atoms with Gasteiger partial charge in [0.05, 0.1) is 6.61 Å². The Kier molecular flexibility index (Phi) is 5.94. The fourth-order valence-corrected chi connectivity index (χ4v) is 1.97. The van der Waals surface area contributed by atoms with E-state index in [1.807, 2.05) is 36.4 Å². The fraction of sp³-hybridized carbons (Fsp3) is 0.188. The molecule has 0 fully saturated rings. The third-order valence-corrected chi connectivity index (χ3v) is 2.99. The monoisotopic (exact) mass is 333 g/mol. The van der Waals surface area contributed by atoms with E-state index in [1.54, 1.807) is 13.0 Å². The van der Waals surface area contributed by atoms with Crippen LogP contribution in [0.3, 0.4) is 0 Å². The number of ether oxygens (including phenoxy) is 2. The largest absolute Gasteiger partial charge is 0.475 e. The summed E-state index contributed by atoms with van der Waals surface area (Å²) in [7, 11) is 0. The number of rotatable bonds is 6. The lowest BCUT2D eigenvalue weighted by Gasteiger charge is -2.09. The van der Waals surface area contributed by atoms with Gasteiger partial charge in [0, 0.05) is 0 Å². The quantitative estimate of drug-likeness (QED) is 0.646. The molecule has 0 saturated heterocycles. The summed E-state index contributed by atoms with van der Waals surface area (Å²) in [5, 5.41) is 0.0366. The number of nitrogen functional groups attached to an aromatic ring is 1. The number of hydrogen-bond donors (Lipinski definition) is 1. The first-order valence-electron chi connectivity index (χ1n) is 6.94. The number of nitrogens with two attached hydrogens (primary N) is 1. The van der Waals surface area contributed by atoms with Gasteiger partial charge in [-0.3, -0.25) is 0 Å². The van der Waals surface area contributed by atoms with Gasteiger partial charge in [-0.2, -0.15) is 0 Å². The average Bonchev–Trinajstić information content (AvgIpc) is 2.53. The van der Waals surface area contributed by atoms with Crippen LogP contribution in [0.1, 0.15) is 18.3 Å². The SMILES string of the molecule is CCOC(=O)COc1c(N)nc(C=Cc2ccccc2)nc1Cl. The van der Waals surface area contributed by atoms with E-state index in [2.05, 4.69) is 9.97 Å². The predicted molar refractivity (Wildman–Crippen MR) is 89.0 cm³/mol. The Bertz CT molecular complexity index is 682. The standard InChI is InChI=1S/C16H16ClN3O3/c1-2-22-13(21)10-23-14-15(17)19-12(20-16(14)18)9-8-11-6-4-3-5-7-11/h3-9H,2,10H2,1H3,(H2,18,19,20). The van der Waals surface area contributed by atoms with Crippen molar-refractivity contribution in [2.24, 2.45) is 0 Å². The van der Waals surface area contributed by atoms with Crippen LogP contribution in [0.25, 0.3) is 12.2 Å². The molecule has 23 heavy (non-hydrogen) atoms. The zero-order valence-corrected chi connectivity index (χ0v) is 13.3. The molecule has 0 amide bonds. The maximum absolute atomic E-state index is 11.3. The highest BCUT2D eigenvalue weighted by Crippen LogP contribution is 2.28. The molecule has 0 unspecified atom stereocenters. The Morgan fingerprint density at radius 2 is 2.00 bits per heavy atom. The number of carbonyl (C=O) groups excluding carboxylic acids is 1. The van der Waals surface area contributed by atoms with Crippen molar-refractivity contribution in [1.29, 1.82) is 0 Å². The molecule has 0 radical (unpaired) electrons. The maximum atomic E-state index is 11.3. The molecule has 1 aromatic heterocycles. The minimum absolute atomic E-state index is 0.0366. The van der Waals surface area contributed by atoms with Gasteiger partial charge in [-0.25, -0.2) is 14.8 Å². The predicted octanol–water partition coefficient (Wildman–Crippen LogP) is 2.82. The summed E-state index contributed by atoms with van der Waals surface area (Å²) in [6.45, 7) is 1.67. The Morgan fingerprint density at radius 3 is 2.65 bits per heavy atom. The van der Waals surface area contributed by atoms with Crippen molar-refractivity contribution < 1.29 is 14.3 Å². The van der Waals surface area contributed by atoms with E-state index in [9.17, 15) is 4.79 Å². The van der Waals surface area contributed by atoms with E-state index in [4.69, 9.17) is 26.8 Å². The Labute approximate surface area is 138 Å². The molecule has 120 valence electrons. The minimum atomic E-state index is -0.518. The van der Waals surface area contributed by atoms with Gasteiger partial charge in [0.15, 0.2) is 29.2 Å². The van der Waals surface area contributed by atoms with Gasteiger partial charge in [0.25, 0.3) is 0 Å². The fourth-order valence-electron chi connectivity index (χ4n) is 1.73. The molecule has 0 aliphatic rings. The lowest BCUT2D eigenvalue weighted by molar-refractivity contribution is -0.145. The van der Waals surface area contributed by atoms with Gasteiger partial charge >= 0.3 is 5.97 Å². The second-order valence-electron chi connectivity index (χ2n) is 4.42. The van der Waals surface area contributed by atoms with Crippen molar-refractivity contribution in [3.63, 3.8) is 0 Å². The molecule has 1 heterocycles. The van der Waals surface area contributed by atoms with Crippen molar-refractivity contribution in [1.82, 2.24) is 9.97 Å². The summed E-state index contributed by atoms with van der Waals surface area (Å²) in [5.41, 5.74) is 6.80. The Morgan fingerprint density at radius 1 is 1.26 bits per heavy atom. The summed E-state index contributed by atoms with van der Waals surface area (Å²) in [5.74, 6) is -0.0468. The average molecular weight is 334 g/mol. The molecule has 7 heteroatoms. The highest BCUT2D eigenvalue weighted by Gasteiger charge is 2.13. The number of aromatic nitrogens is 2. The molecule has 0 saturated carbocycles. The van der Waals surface area contributed by atoms with E-state index in [-0.39, 0.29) is 29.9 Å². The van der Waals surface area contributed by atoms with Gasteiger partial charge in [0.2, 0.25) is 0 Å². The van der Waals surface area contributed by atoms with Gasteiger partial charge in [-0.05, 0) is 18.6 Å². The number of hydrogen-bond acceptors (Lipinski definition) is 6. The summed E-state index contributed by atoms with van der Waals surface area (Å²) in [4.78, 5) is 19.5. The van der Waals surface area contributed by atoms with E-state index in [1.165, 1.54) is 0 Å². The zero-order chi connectivity index (χ0) is 16.7. The van der Waals surface area contributed by atoms with E-state index in [0.717, 1.165) is 5.56 Å². The molecule has 0 spiro atoms. The summed E-state index contributed by atoms with van der Waals surface area (Å²) < 4.78 is 9.97. The minimum Gasteiger partial charge on any atom is -0.475 e. The summed E-state index contributed by atoms with van der Waals surface area (Å²) in [6, 6.07) is 9.66. The third kappa shape index (κ3) is 4.96. The van der Waals surface area contributed by atoms with Gasteiger partial charge in [-0.15, -0.1) is 0 Å². The van der Waals surface area contributed by atoms with Crippen LogP contribution >= 0.6 is 11.6 Å². The molecular weight excluding hydrogens is 318 g/mol. The second-order valence-corrected chi connectivity index (χ2v) is 4.78. The number of esters is 1. The molecule has 1 aromatic carbocycles. The zero-order valence-electron chi connectivity index (χ0n) is 12.5.